The van der Waals surface area contributed by atoms with Crippen molar-refractivity contribution in [2.45, 2.75) is 37.8 Å². The average molecular weight is 563 g/mol. The molecular formula is C25H32ClN6O3PS. The Morgan fingerprint density at radius 2 is 1.76 bits per heavy atom. The Morgan fingerprint density at radius 3 is 2.41 bits per heavy atom. The second-order valence-electron chi connectivity index (χ2n) is 9.38. The molecule has 1 aliphatic rings. The van der Waals surface area contributed by atoms with E-state index in [-0.39, 0.29) is 21.8 Å². The lowest BCUT2D eigenvalue weighted by Crippen LogP contribution is -2.36. The van der Waals surface area contributed by atoms with Gasteiger partial charge in [0.05, 0.1) is 15.8 Å². The Kier molecular flexibility index (Phi) is 8.23. The molecule has 12 heteroatoms. The van der Waals surface area contributed by atoms with Crippen molar-refractivity contribution in [1.82, 2.24) is 20.1 Å². The van der Waals surface area contributed by atoms with Crippen LogP contribution in [0.4, 0.5) is 23.1 Å². The summed E-state index contributed by atoms with van der Waals surface area (Å²) in [4.78, 5) is 6.91. The zero-order valence-corrected chi connectivity index (χ0v) is 23.9. The quantitative estimate of drug-likeness (QED) is 0.372. The molecule has 3 aromatic rings. The fraction of sp³-hybridized carbons (Fsp3) is 0.400. The molecule has 0 spiro atoms. The molecule has 0 bridgehead atoms. The highest BCUT2D eigenvalue weighted by atomic mass is 35.5. The van der Waals surface area contributed by atoms with Crippen molar-refractivity contribution in [3.8, 4) is 0 Å². The highest BCUT2D eigenvalue weighted by Gasteiger charge is 2.30. The highest BCUT2D eigenvalue weighted by Crippen LogP contribution is 2.46. The van der Waals surface area contributed by atoms with E-state index in [9.17, 15) is 13.0 Å². The van der Waals surface area contributed by atoms with Crippen LogP contribution in [0.25, 0.3) is 0 Å². The third-order valence-electron chi connectivity index (χ3n) is 6.64. The number of hydrogen-bond acceptors (Lipinski definition) is 9. The maximum absolute atomic E-state index is 13.6. The van der Waals surface area contributed by atoms with Crippen LogP contribution in [0.5, 0.6) is 0 Å². The van der Waals surface area contributed by atoms with Crippen LogP contribution in [-0.4, -0.2) is 65.7 Å². The van der Waals surface area contributed by atoms with E-state index in [0.717, 1.165) is 36.2 Å². The number of anilines is 4. The van der Waals surface area contributed by atoms with E-state index in [0.29, 0.717) is 18.0 Å². The largest absolute Gasteiger partial charge is 0.336 e. The number of sulfone groups is 1. The van der Waals surface area contributed by atoms with Crippen LogP contribution in [-0.2, 0) is 14.4 Å². The molecule has 0 aliphatic carbocycles. The molecule has 0 atom stereocenters. The van der Waals surface area contributed by atoms with Crippen LogP contribution in [0, 0.1) is 6.92 Å². The number of rotatable bonds is 8. The number of benzene rings is 2. The van der Waals surface area contributed by atoms with Gasteiger partial charge in [0, 0.05) is 36.4 Å². The van der Waals surface area contributed by atoms with Gasteiger partial charge in [-0.05, 0) is 63.2 Å². The Hall–Kier alpha value is -2.52. The summed E-state index contributed by atoms with van der Waals surface area (Å²) >= 11 is 6.24. The van der Waals surface area contributed by atoms with Crippen molar-refractivity contribution < 1.29 is 13.0 Å². The molecule has 1 aliphatic heterocycles. The molecule has 2 aromatic carbocycles. The first-order valence-corrected chi connectivity index (χ1v) is 16.2. The zero-order chi connectivity index (χ0) is 26.8. The molecule has 2 heterocycles. The normalized spacial score (nSPS) is 16.1. The topological polar surface area (TPSA) is 117 Å². The summed E-state index contributed by atoms with van der Waals surface area (Å²) in [6, 6.07) is 12.4. The molecule has 1 saturated heterocycles. The van der Waals surface area contributed by atoms with Crippen LogP contribution in [0.3, 0.4) is 0 Å². The first-order chi connectivity index (χ1) is 17.5. The van der Waals surface area contributed by atoms with Crippen molar-refractivity contribution in [3.63, 3.8) is 0 Å². The molecule has 0 unspecified atom stereocenters. The predicted molar refractivity (Wildman–Crippen MR) is 150 cm³/mol. The molecule has 9 nitrogen and oxygen atoms in total. The number of nitrogens with one attached hydrogen (secondary N) is 2. The van der Waals surface area contributed by atoms with Gasteiger partial charge in [0.25, 0.3) is 0 Å². The fourth-order valence-corrected chi connectivity index (χ4v) is 8.27. The molecule has 1 aromatic heterocycles. The van der Waals surface area contributed by atoms with E-state index < -0.39 is 22.2 Å². The smallest absolute Gasteiger partial charge is 0.249 e. The lowest BCUT2D eigenvalue weighted by molar-refractivity contribution is 0.312. The fourth-order valence-electron chi connectivity index (χ4n) is 4.21. The van der Waals surface area contributed by atoms with Crippen molar-refractivity contribution in [2.24, 2.45) is 0 Å². The van der Waals surface area contributed by atoms with Gasteiger partial charge in [-0.15, -0.1) is 10.2 Å². The number of halogens is 1. The molecule has 2 N–H and O–H groups in total. The second-order valence-corrected chi connectivity index (χ2v) is 15.4. The summed E-state index contributed by atoms with van der Waals surface area (Å²) in [6.07, 6.45) is 1.39. The molecule has 0 saturated carbocycles. The Balaban J connectivity index is 1.56. The molecule has 0 radical (unpaired) electrons. The minimum absolute atomic E-state index is 0.00545. The maximum Gasteiger partial charge on any atom is 0.249 e. The summed E-state index contributed by atoms with van der Waals surface area (Å²) in [5, 5.41) is 14.5. The zero-order valence-electron chi connectivity index (χ0n) is 21.4. The maximum atomic E-state index is 13.6. The van der Waals surface area contributed by atoms with E-state index in [1.807, 2.05) is 25.1 Å². The number of nitrogens with zero attached hydrogens (tertiary/aromatic N) is 4. The predicted octanol–water partition coefficient (Wildman–Crippen LogP) is 4.83. The lowest BCUT2D eigenvalue weighted by atomic mass is 10.2. The van der Waals surface area contributed by atoms with Crippen LogP contribution >= 0.6 is 18.7 Å². The van der Waals surface area contributed by atoms with E-state index in [1.54, 1.807) is 38.1 Å². The van der Waals surface area contributed by atoms with E-state index >= 15 is 0 Å². The van der Waals surface area contributed by atoms with Gasteiger partial charge in [-0.2, -0.15) is 4.98 Å². The van der Waals surface area contributed by atoms with Crippen LogP contribution in [0.15, 0.2) is 47.4 Å². The minimum atomic E-state index is -3.54. The van der Waals surface area contributed by atoms with Crippen molar-refractivity contribution in [1.29, 1.82) is 0 Å². The van der Waals surface area contributed by atoms with E-state index in [2.05, 4.69) is 37.6 Å². The first kappa shape index (κ1) is 27.5. The van der Waals surface area contributed by atoms with Gasteiger partial charge < -0.3 is 20.1 Å². The van der Waals surface area contributed by atoms with E-state index in [1.165, 1.54) is 0 Å². The van der Waals surface area contributed by atoms with Crippen LogP contribution in [0.2, 0.25) is 5.15 Å². The Bertz CT molecular complexity index is 1440. The molecule has 0 amide bonds. The van der Waals surface area contributed by atoms with Gasteiger partial charge in [-0.3, -0.25) is 0 Å². The van der Waals surface area contributed by atoms with Crippen molar-refractivity contribution >= 4 is 57.0 Å². The molecule has 37 heavy (non-hydrogen) atoms. The van der Waals surface area contributed by atoms with Gasteiger partial charge >= 0.3 is 0 Å². The average Bonchev–Trinajstić information content (AvgIpc) is 2.87. The lowest BCUT2D eigenvalue weighted by Gasteiger charge is -2.31. The van der Waals surface area contributed by atoms with Crippen LogP contribution in [0.1, 0.15) is 26.3 Å². The Morgan fingerprint density at radius 1 is 1.05 bits per heavy atom. The summed E-state index contributed by atoms with van der Waals surface area (Å²) in [5.41, 5.74) is 2.01. The number of aryl methyl sites for hydroxylation is 1. The van der Waals surface area contributed by atoms with Crippen molar-refractivity contribution in [2.75, 3.05) is 42.6 Å². The second kappa shape index (κ2) is 11.1. The first-order valence-electron chi connectivity index (χ1n) is 12.2. The minimum Gasteiger partial charge on any atom is -0.336 e. The summed E-state index contributed by atoms with van der Waals surface area (Å²) in [6.45, 7) is 10.0. The van der Waals surface area contributed by atoms with Gasteiger partial charge in [-0.25, -0.2) is 8.42 Å². The summed E-state index contributed by atoms with van der Waals surface area (Å²) < 4.78 is 39.2. The standard InChI is InChI=1S/C25H32ClN6O3PS/c1-5-32-12-14-36(33,15-13-32)19-10-11-20(18(4)16-19)28-25-29-24(23(26)30-31-25)27-21-8-6-7-9-22(21)37(34,35)17(2)3/h6-11,16-17H,5,12-15H2,1-4H3,(H2,27,28,29,31). The SMILES string of the molecule is CCN1CCP(=O)(c2ccc(Nc3nnc(Cl)c(Nc4ccccc4S(=O)(=O)C(C)C)n3)c(C)c2)CC1. The molecule has 1 fully saturated rings. The van der Waals surface area contributed by atoms with Gasteiger partial charge in [-0.1, -0.05) is 30.7 Å². The third-order valence-corrected chi connectivity index (χ3v) is 12.2. The summed E-state index contributed by atoms with van der Waals surface area (Å²) in [5.74, 6) is 0.363. The van der Waals surface area contributed by atoms with Gasteiger partial charge in [0.1, 0.15) is 7.14 Å². The Labute approximate surface area is 223 Å². The molecular weight excluding hydrogens is 531 g/mol. The molecule has 198 valence electrons. The third kappa shape index (κ3) is 5.98. The van der Waals surface area contributed by atoms with Gasteiger partial charge in [0.2, 0.25) is 5.95 Å². The number of aromatic nitrogens is 3. The number of para-hydroxylation sites is 1. The van der Waals surface area contributed by atoms with E-state index in [4.69, 9.17) is 11.6 Å². The highest BCUT2D eigenvalue weighted by molar-refractivity contribution is 7.92. The van der Waals surface area contributed by atoms with Crippen LogP contribution < -0.4 is 15.9 Å². The molecule has 4 rings (SSSR count). The van der Waals surface area contributed by atoms with Gasteiger partial charge in [0.15, 0.2) is 20.8 Å². The summed E-state index contributed by atoms with van der Waals surface area (Å²) in [7, 11) is -5.95. The monoisotopic (exact) mass is 562 g/mol. The number of hydrogen-bond donors (Lipinski definition) is 2. The van der Waals surface area contributed by atoms with Crippen molar-refractivity contribution in [3.05, 3.63) is 53.2 Å².